The summed E-state index contributed by atoms with van der Waals surface area (Å²) >= 11 is 0. The number of rotatable bonds is 6. The van der Waals surface area contributed by atoms with Gasteiger partial charge in [-0.15, -0.1) is 0 Å². The molecule has 1 saturated heterocycles. The average Bonchev–Trinajstić information content (AvgIpc) is 2.69. The second-order valence-electron chi connectivity index (χ2n) is 6.78. The highest BCUT2D eigenvalue weighted by atomic mass is 19.1. The maximum Gasteiger partial charge on any atom is 0.267 e. The van der Waals surface area contributed by atoms with Gasteiger partial charge in [-0.05, 0) is 55.0 Å². The third-order valence-corrected chi connectivity index (χ3v) is 4.77. The molecule has 0 saturated carbocycles. The number of amides is 2. The summed E-state index contributed by atoms with van der Waals surface area (Å²) in [7, 11) is 0. The third kappa shape index (κ3) is 3.90. The summed E-state index contributed by atoms with van der Waals surface area (Å²) in [5, 5.41) is 0. The number of nitrogens with two attached hydrogens (primary N) is 2. The summed E-state index contributed by atoms with van der Waals surface area (Å²) in [6.45, 7) is 0.590. The van der Waals surface area contributed by atoms with Crippen LogP contribution in [0.1, 0.15) is 16.9 Å². The predicted octanol–water partition coefficient (Wildman–Crippen LogP) is 2.24. The fourth-order valence-corrected chi connectivity index (χ4v) is 3.11. The first-order valence-corrected chi connectivity index (χ1v) is 9.19. The molecule has 1 aliphatic rings. The number of carbonyl (C=O) groups excluding carboxylic acids is 2. The lowest BCUT2D eigenvalue weighted by Gasteiger charge is -2.39. The number of carbonyl (C=O) groups is 2. The second kappa shape index (κ2) is 7.78. The van der Waals surface area contributed by atoms with Crippen LogP contribution in [0.15, 0.2) is 54.6 Å². The lowest BCUT2D eigenvalue weighted by molar-refractivity contribution is -0.120. The molecule has 0 radical (unpaired) electrons. The van der Waals surface area contributed by atoms with Gasteiger partial charge in [-0.3, -0.25) is 9.59 Å². The molecule has 152 valence electrons. The Morgan fingerprint density at radius 1 is 1.00 bits per heavy atom. The van der Waals surface area contributed by atoms with Gasteiger partial charge < -0.3 is 21.1 Å². The topological polar surface area (TPSA) is 124 Å². The summed E-state index contributed by atoms with van der Waals surface area (Å²) in [6, 6.07) is 13.5. The van der Waals surface area contributed by atoms with Gasteiger partial charge in [-0.1, -0.05) is 0 Å². The molecule has 4 rings (SSSR count). The van der Waals surface area contributed by atoms with Crippen LogP contribution in [0.25, 0.3) is 11.4 Å². The van der Waals surface area contributed by atoms with E-state index in [-0.39, 0.29) is 17.3 Å². The van der Waals surface area contributed by atoms with Crippen LogP contribution < -0.4 is 21.1 Å². The van der Waals surface area contributed by atoms with Gasteiger partial charge in [0.15, 0.2) is 5.82 Å². The van der Waals surface area contributed by atoms with Crippen LogP contribution in [-0.4, -0.2) is 34.4 Å². The Bertz CT molecular complexity index is 1100. The Morgan fingerprint density at radius 3 is 2.17 bits per heavy atom. The fraction of sp³-hybridized carbons (Fsp3) is 0.143. The fourth-order valence-electron chi connectivity index (χ4n) is 3.11. The highest BCUT2D eigenvalue weighted by Crippen LogP contribution is 2.29. The van der Waals surface area contributed by atoms with E-state index in [1.54, 1.807) is 29.2 Å². The monoisotopic (exact) mass is 407 g/mol. The van der Waals surface area contributed by atoms with Gasteiger partial charge in [0.05, 0.1) is 0 Å². The van der Waals surface area contributed by atoms with Crippen molar-refractivity contribution in [1.29, 1.82) is 0 Å². The SMILES string of the molecule is NC(=O)c1cc(N2CC[C@H]2C(N)=O)nc(-c2ccc(Oc3ccc(F)cc3)cc2)n1. The number of ether oxygens (including phenoxy) is 1. The van der Waals surface area contributed by atoms with Gasteiger partial charge in [0.1, 0.15) is 34.9 Å². The van der Waals surface area contributed by atoms with Crippen molar-refractivity contribution in [2.75, 3.05) is 11.4 Å². The minimum Gasteiger partial charge on any atom is -0.457 e. The lowest BCUT2D eigenvalue weighted by Crippen LogP contribution is -2.55. The second-order valence-corrected chi connectivity index (χ2v) is 6.78. The van der Waals surface area contributed by atoms with E-state index >= 15 is 0 Å². The van der Waals surface area contributed by atoms with Crippen molar-refractivity contribution in [2.45, 2.75) is 12.5 Å². The van der Waals surface area contributed by atoms with Gasteiger partial charge in [-0.2, -0.15) is 0 Å². The average molecular weight is 407 g/mol. The number of primary amides is 2. The largest absolute Gasteiger partial charge is 0.457 e. The van der Waals surface area contributed by atoms with E-state index in [0.717, 1.165) is 0 Å². The summed E-state index contributed by atoms with van der Waals surface area (Å²) < 4.78 is 18.7. The van der Waals surface area contributed by atoms with Crippen molar-refractivity contribution in [2.24, 2.45) is 11.5 Å². The Morgan fingerprint density at radius 2 is 1.63 bits per heavy atom. The maximum absolute atomic E-state index is 13.0. The first-order valence-electron chi connectivity index (χ1n) is 9.19. The molecule has 2 heterocycles. The molecule has 9 heteroatoms. The summed E-state index contributed by atoms with van der Waals surface area (Å²) in [4.78, 5) is 33.7. The van der Waals surface area contributed by atoms with E-state index in [4.69, 9.17) is 16.2 Å². The normalized spacial score (nSPS) is 15.4. The van der Waals surface area contributed by atoms with Crippen LogP contribution in [0, 0.1) is 5.82 Å². The molecule has 4 N–H and O–H groups in total. The standard InChI is InChI=1S/C21H18FN5O3/c22-13-3-7-15(8-4-13)30-14-5-1-12(2-6-14)21-25-16(19(23)28)11-18(26-21)27-10-9-17(27)20(24)29/h1-8,11,17H,9-10H2,(H2,23,28)(H2,24,29)/t17-/m0/s1. The first kappa shape index (κ1) is 19.3. The smallest absolute Gasteiger partial charge is 0.267 e. The zero-order valence-electron chi connectivity index (χ0n) is 15.8. The van der Waals surface area contributed by atoms with Gasteiger partial charge in [0.2, 0.25) is 5.91 Å². The Hall–Kier alpha value is -4.01. The number of hydrogen-bond donors (Lipinski definition) is 2. The van der Waals surface area contributed by atoms with Crippen molar-refractivity contribution in [3.63, 3.8) is 0 Å². The van der Waals surface area contributed by atoms with E-state index < -0.39 is 17.9 Å². The van der Waals surface area contributed by atoms with Crippen molar-refractivity contribution in [3.8, 4) is 22.9 Å². The van der Waals surface area contributed by atoms with Gasteiger partial charge in [-0.25, -0.2) is 14.4 Å². The Balaban J connectivity index is 1.61. The molecule has 8 nitrogen and oxygen atoms in total. The van der Waals surface area contributed by atoms with Crippen molar-refractivity contribution in [3.05, 3.63) is 66.1 Å². The zero-order chi connectivity index (χ0) is 21.3. The molecule has 2 aromatic carbocycles. The molecule has 1 aliphatic heterocycles. The van der Waals surface area contributed by atoms with E-state index in [1.165, 1.54) is 30.3 Å². The van der Waals surface area contributed by atoms with Crippen LogP contribution in [0.3, 0.4) is 0 Å². The molecule has 1 atom stereocenters. The minimum atomic E-state index is -0.702. The van der Waals surface area contributed by atoms with E-state index in [1.807, 2.05) is 0 Å². The minimum absolute atomic E-state index is 0.0387. The van der Waals surface area contributed by atoms with E-state index in [9.17, 15) is 14.0 Å². The van der Waals surface area contributed by atoms with Gasteiger partial charge in [0, 0.05) is 18.2 Å². The number of nitrogens with zero attached hydrogens (tertiary/aromatic N) is 3. The number of anilines is 1. The number of halogens is 1. The predicted molar refractivity (Wildman–Crippen MR) is 107 cm³/mol. The number of benzene rings is 2. The Kier molecular flexibility index (Phi) is 5.01. The summed E-state index contributed by atoms with van der Waals surface area (Å²) in [5.41, 5.74) is 11.5. The molecule has 1 aromatic heterocycles. The molecule has 30 heavy (non-hydrogen) atoms. The van der Waals surface area contributed by atoms with Crippen molar-refractivity contribution >= 4 is 17.6 Å². The quantitative estimate of drug-likeness (QED) is 0.646. The highest BCUT2D eigenvalue weighted by molar-refractivity contribution is 5.92. The van der Waals surface area contributed by atoms with E-state index in [0.29, 0.717) is 35.8 Å². The van der Waals surface area contributed by atoms with Crippen LogP contribution in [0.4, 0.5) is 10.2 Å². The maximum atomic E-state index is 13.0. The zero-order valence-corrected chi connectivity index (χ0v) is 15.8. The summed E-state index contributed by atoms with van der Waals surface area (Å²) in [5.74, 6) is 0.222. The van der Waals surface area contributed by atoms with Crippen LogP contribution in [0.5, 0.6) is 11.5 Å². The molecule has 0 spiro atoms. The lowest BCUT2D eigenvalue weighted by atomic mass is 10.0. The Labute approximate surface area is 171 Å². The molecule has 2 amide bonds. The van der Waals surface area contributed by atoms with Crippen molar-refractivity contribution < 1.29 is 18.7 Å². The summed E-state index contributed by atoms with van der Waals surface area (Å²) in [6.07, 6.45) is 0.621. The van der Waals surface area contributed by atoms with Gasteiger partial charge in [0.25, 0.3) is 5.91 Å². The molecule has 0 aliphatic carbocycles. The molecule has 0 bridgehead atoms. The number of aromatic nitrogens is 2. The first-order chi connectivity index (χ1) is 14.4. The molecular weight excluding hydrogens is 389 g/mol. The van der Waals surface area contributed by atoms with Gasteiger partial charge >= 0.3 is 0 Å². The highest BCUT2D eigenvalue weighted by Gasteiger charge is 2.34. The van der Waals surface area contributed by atoms with Crippen LogP contribution in [0.2, 0.25) is 0 Å². The molecule has 0 unspecified atom stereocenters. The van der Waals surface area contributed by atoms with Crippen LogP contribution in [-0.2, 0) is 4.79 Å². The van der Waals surface area contributed by atoms with E-state index in [2.05, 4.69) is 9.97 Å². The number of hydrogen-bond acceptors (Lipinski definition) is 6. The molecule has 1 fully saturated rings. The molecule has 3 aromatic rings. The molecular formula is C21H18FN5O3. The van der Waals surface area contributed by atoms with Crippen molar-refractivity contribution in [1.82, 2.24) is 9.97 Å². The van der Waals surface area contributed by atoms with Crippen LogP contribution >= 0.6 is 0 Å². The third-order valence-electron chi connectivity index (χ3n) is 4.77.